The van der Waals surface area contributed by atoms with Crippen LogP contribution in [0, 0.1) is 13.8 Å². The van der Waals surface area contributed by atoms with Crippen molar-refractivity contribution in [2.75, 3.05) is 11.9 Å². The van der Waals surface area contributed by atoms with E-state index in [4.69, 9.17) is 4.74 Å². The highest BCUT2D eigenvalue weighted by atomic mass is 16.5. The van der Waals surface area contributed by atoms with E-state index in [0.717, 1.165) is 22.6 Å². The van der Waals surface area contributed by atoms with Gasteiger partial charge in [0.2, 0.25) is 0 Å². The summed E-state index contributed by atoms with van der Waals surface area (Å²) in [7, 11) is 0. The third-order valence-corrected chi connectivity index (χ3v) is 4.71. The lowest BCUT2D eigenvalue weighted by Gasteiger charge is -2.08. The van der Waals surface area contributed by atoms with Crippen molar-refractivity contribution >= 4 is 28.6 Å². The Morgan fingerprint density at radius 3 is 2.53 bits per heavy atom. The van der Waals surface area contributed by atoms with Crippen molar-refractivity contribution in [1.29, 1.82) is 0 Å². The van der Waals surface area contributed by atoms with Gasteiger partial charge in [0.25, 0.3) is 5.91 Å². The van der Waals surface area contributed by atoms with Gasteiger partial charge in [0.05, 0.1) is 16.6 Å². The van der Waals surface area contributed by atoms with Crippen LogP contribution < -0.4 is 5.32 Å². The number of nitrogens with zero attached hydrogens (tertiary/aromatic N) is 2. The van der Waals surface area contributed by atoms with E-state index in [1.165, 1.54) is 0 Å². The van der Waals surface area contributed by atoms with Crippen LogP contribution in [0.5, 0.6) is 0 Å². The van der Waals surface area contributed by atoms with Crippen LogP contribution in [-0.2, 0) is 9.53 Å². The Hall–Kier alpha value is -3.93. The van der Waals surface area contributed by atoms with Crippen LogP contribution in [0.4, 0.5) is 5.69 Å². The van der Waals surface area contributed by atoms with Gasteiger partial charge in [-0.15, -0.1) is 0 Å². The molecule has 0 unspecified atom stereocenters. The summed E-state index contributed by atoms with van der Waals surface area (Å²) in [5.41, 5.74) is 4.63. The number of hydrogen-bond acceptors (Lipinski definition) is 4. The maximum absolute atomic E-state index is 12.4. The molecule has 0 aliphatic heterocycles. The molecule has 0 bridgehead atoms. The lowest BCUT2D eigenvalue weighted by atomic mass is 10.2. The molecule has 1 aromatic heterocycles. The van der Waals surface area contributed by atoms with Gasteiger partial charge in [-0.2, -0.15) is 0 Å². The highest BCUT2D eigenvalue weighted by molar-refractivity contribution is 5.97. The number of para-hydroxylation sites is 1. The summed E-state index contributed by atoms with van der Waals surface area (Å²) in [5, 5.41) is 2.72. The van der Waals surface area contributed by atoms with Gasteiger partial charge in [0.1, 0.15) is 5.82 Å². The normalized spacial score (nSPS) is 10.7. The molecule has 0 atom stereocenters. The summed E-state index contributed by atoms with van der Waals surface area (Å²) >= 11 is 0. The van der Waals surface area contributed by atoms with E-state index in [9.17, 15) is 9.59 Å². The number of ether oxygens (including phenoxy) is 1. The van der Waals surface area contributed by atoms with Gasteiger partial charge >= 0.3 is 5.97 Å². The average Bonchev–Trinajstić information content (AvgIpc) is 3.07. The standard InChI is InChI=1S/C24H21N3O3/c1-16-7-6-8-19(13-16)26-23(28)15-30-24(29)18-11-12-22-21(14-18)25-17(2)27(22)20-9-4-3-5-10-20/h3-14H,15H2,1-2H3,(H,26,28). The number of amides is 1. The number of carbonyl (C=O) groups excluding carboxylic acids is 2. The molecule has 0 aliphatic rings. The molecular weight excluding hydrogens is 378 g/mol. The van der Waals surface area contributed by atoms with E-state index in [2.05, 4.69) is 10.3 Å². The summed E-state index contributed by atoms with van der Waals surface area (Å²) in [4.78, 5) is 29.1. The van der Waals surface area contributed by atoms with Gasteiger partial charge in [-0.3, -0.25) is 9.36 Å². The number of anilines is 1. The Kier molecular flexibility index (Phi) is 5.30. The number of imidazole rings is 1. The number of benzene rings is 3. The Morgan fingerprint density at radius 2 is 1.77 bits per heavy atom. The Morgan fingerprint density at radius 1 is 0.967 bits per heavy atom. The number of aryl methyl sites for hydroxylation is 2. The Bertz CT molecular complexity index is 1230. The molecular formula is C24H21N3O3. The molecule has 0 radical (unpaired) electrons. The molecule has 6 nitrogen and oxygen atoms in total. The van der Waals surface area contributed by atoms with Crippen LogP contribution in [0.25, 0.3) is 16.7 Å². The first-order valence-electron chi connectivity index (χ1n) is 9.59. The minimum absolute atomic E-state index is 0.351. The first-order chi connectivity index (χ1) is 14.5. The van der Waals surface area contributed by atoms with Gasteiger partial charge in [0, 0.05) is 11.4 Å². The summed E-state index contributed by atoms with van der Waals surface area (Å²) in [6.07, 6.45) is 0. The van der Waals surface area contributed by atoms with Crippen LogP contribution in [0.2, 0.25) is 0 Å². The largest absolute Gasteiger partial charge is 0.452 e. The van der Waals surface area contributed by atoms with Crippen LogP contribution in [0.15, 0.2) is 72.8 Å². The van der Waals surface area contributed by atoms with Crippen molar-refractivity contribution in [3.8, 4) is 5.69 Å². The molecule has 150 valence electrons. The summed E-state index contributed by atoms with van der Waals surface area (Å²) in [5.74, 6) is -0.137. The first kappa shape index (κ1) is 19.4. The number of rotatable bonds is 5. The van der Waals surface area contributed by atoms with Crippen molar-refractivity contribution in [3.63, 3.8) is 0 Å². The first-order valence-corrected chi connectivity index (χ1v) is 9.59. The molecule has 3 aromatic carbocycles. The number of esters is 1. The van der Waals surface area contributed by atoms with Crippen LogP contribution in [0.1, 0.15) is 21.7 Å². The van der Waals surface area contributed by atoms with E-state index in [-0.39, 0.29) is 12.5 Å². The summed E-state index contributed by atoms with van der Waals surface area (Å²) in [6, 6.07) is 22.5. The molecule has 0 aliphatic carbocycles. The van der Waals surface area contributed by atoms with E-state index in [0.29, 0.717) is 16.8 Å². The summed E-state index contributed by atoms with van der Waals surface area (Å²) < 4.78 is 7.20. The van der Waals surface area contributed by atoms with Gasteiger partial charge in [0.15, 0.2) is 6.61 Å². The highest BCUT2D eigenvalue weighted by Crippen LogP contribution is 2.22. The minimum Gasteiger partial charge on any atom is -0.452 e. The Labute approximate surface area is 174 Å². The molecule has 6 heteroatoms. The molecule has 0 saturated carbocycles. The molecule has 4 aromatic rings. The molecule has 0 fully saturated rings. The molecule has 1 heterocycles. The predicted molar refractivity (Wildman–Crippen MR) is 116 cm³/mol. The van der Waals surface area contributed by atoms with Gasteiger partial charge in [-0.25, -0.2) is 9.78 Å². The zero-order chi connectivity index (χ0) is 21.1. The smallest absolute Gasteiger partial charge is 0.338 e. The zero-order valence-electron chi connectivity index (χ0n) is 16.8. The fourth-order valence-corrected chi connectivity index (χ4v) is 3.36. The van der Waals surface area contributed by atoms with Crippen LogP contribution in [0.3, 0.4) is 0 Å². The third-order valence-electron chi connectivity index (χ3n) is 4.71. The Balaban J connectivity index is 1.47. The van der Waals surface area contributed by atoms with Crippen LogP contribution in [-0.4, -0.2) is 28.0 Å². The highest BCUT2D eigenvalue weighted by Gasteiger charge is 2.15. The van der Waals surface area contributed by atoms with E-state index in [1.807, 2.05) is 73.0 Å². The second-order valence-electron chi connectivity index (χ2n) is 7.03. The predicted octanol–water partition coefficient (Wildman–Crippen LogP) is 4.44. The third kappa shape index (κ3) is 4.07. The molecule has 0 spiro atoms. The average molecular weight is 399 g/mol. The number of fused-ring (bicyclic) bond motifs is 1. The maximum Gasteiger partial charge on any atom is 0.338 e. The summed E-state index contributed by atoms with van der Waals surface area (Å²) in [6.45, 7) is 3.50. The second kappa shape index (κ2) is 8.21. The monoisotopic (exact) mass is 399 g/mol. The topological polar surface area (TPSA) is 73.2 Å². The molecule has 30 heavy (non-hydrogen) atoms. The zero-order valence-corrected chi connectivity index (χ0v) is 16.8. The number of carbonyl (C=O) groups is 2. The van der Waals surface area contributed by atoms with E-state index < -0.39 is 5.97 Å². The molecule has 4 rings (SSSR count). The van der Waals surface area contributed by atoms with Gasteiger partial charge in [-0.1, -0.05) is 30.3 Å². The fraction of sp³-hybridized carbons (Fsp3) is 0.125. The number of aromatic nitrogens is 2. The van der Waals surface area contributed by atoms with Crippen molar-refractivity contribution < 1.29 is 14.3 Å². The van der Waals surface area contributed by atoms with Gasteiger partial charge < -0.3 is 10.1 Å². The van der Waals surface area contributed by atoms with E-state index >= 15 is 0 Å². The molecule has 0 saturated heterocycles. The minimum atomic E-state index is -0.566. The van der Waals surface area contributed by atoms with Crippen molar-refractivity contribution in [2.24, 2.45) is 0 Å². The van der Waals surface area contributed by atoms with E-state index in [1.54, 1.807) is 18.2 Å². The lowest BCUT2D eigenvalue weighted by molar-refractivity contribution is -0.119. The van der Waals surface area contributed by atoms with Crippen molar-refractivity contribution in [2.45, 2.75) is 13.8 Å². The van der Waals surface area contributed by atoms with Crippen molar-refractivity contribution in [3.05, 3.63) is 89.7 Å². The van der Waals surface area contributed by atoms with Crippen molar-refractivity contribution in [1.82, 2.24) is 9.55 Å². The number of nitrogens with one attached hydrogen (secondary N) is 1. The van der Waals surface area contributed by atoms with Gasteiger partial charge in [-0.05, 0) is 61.9 Å². The lowest BCUT2D eigenvalue weighted by Crippen LogP contribution is -2.20. The second-order valence-corrected chi connectivity index (χ2v) is 7.03. The SMILES string of the molecule is Cc1cccc(NC(=O)COC(=O)c2ccc3c(c2)nc(C)n3-c2ccccc2)c1. The molecule has 1 amide bonds. The molecule has 1 N–H and O–H groups in total. The quantitative estimate of drug-likeness (QED) is 0.504. The maximum atomic E-state index is 12.4. The fourth-order valence-electron chi connectivity index (χ4n) is 3.36. The van der Waals surface area contributed by atoms with Crippen LogP contribution >= 0.6 is 0 Å². The number of hydrogen-bond donors (Lipinski definition) is 1.